The third kappa shape index (κ3) is 5.42. The smallest absolute Gasteiger partial charge is 0.223 e. The zero-order chi connectivity index (χ0) is 14.4. The summed E-state index contributed by atoms with van der Waals surface area (Å²) >= 11 is 0. The number of halogens is 1. The lowest BCUT2D eigenvalue weighted by molar-refractivity contribution is 0.483. The minimum absolute atomic E-state index is 0. The topological polar surface area (TPSA) is 112 Å². The first-order chi connectivity index (χ1) is 9.63. The fourth-order valence-electron chi connectivity index (χ4n) is 1.50. The van der Waals surface area contributed by atoms with Gasteiger partial charge in [0.1, 0.15) is 11.5 Å². The minimum Gasteiger partial charge on any atom is -0.457 e. The van der Waals surface area contributed by atoms with Crippen molar-refractivity contribution in [3.63, 3.8) is 0 Å². The molecule has 6 nitrogen and oxygen atoms in total. The molecular formula is C14H16ClN5O. The molecule has 6 N–H and O–H groups in total. The Hall–Kier alpha value is -2.73. The average Bonchev–Trinajstić information content (AvgIpc) is 2.41. The molecule has 7 heteroatoms. The van der Waals surface area contributed by atoms with Crippen molar-refractivity contribution in [3.05, 3.63) is 54.6 Å². The molecule has 0 atom stereocenters. The lowest BCUT2D eigenvalue weighted by Crippen LogP contribution is -2.26. The minimum atomic E-state index is -0.129. The predicted molar refractivity (Wildman–Crippen MR) is 87.3 cm³/mol. The van der Waals surface area contributed by atoms with E-state index in [-0.39, 0.29) is 24.3 Å². The van der Waals surface area contributed by atoms with Gasteiger partial charge in [0.2, 0.25) is 5.96 Å². The fourth-order valence-corrected chi connectivity index (χ4v) is 1.50. The van der Waals surface area contributed by atoms with E-state index >= 15 is 0 Å². The summed E-state index contributed by atoms with van der Waals surface area (Å²) in [6.45, 7) is 0. The number of hydrogen-bond acceptors (Lipinski definition) is 2. The van der Waals surface area contributed by atoms with Gasteiger partial charge in [-0.05, 0) is 36.4 Å². The molecule has 0 saturated heterocycles. The van der Waals surface area contributed by atoms with Crippen LogP contribution in [0.25, 0.3) is 0 Å². The van der Waals surface area contributed by atoms with E-state index in [1.807, 2.05) is 30.3 Å². The molecule has 0 saturated carbocycles. The molecule has 0 aliphatic carbocycles. The van der Waals surface area contributed by atoms with Crippen LogP contribution >= 0.6 is 12.4 Å². The largest absolute Gasteiger partial charge is 0.457 e. The number of rotatable bonds is 3. The van der Waals surface area contributed by atoms with E-state index in [1.165, 1.54) is 0 Å². The highest BCUT2D eigenvalue weighted by molar-refractivity contribution is 5.93. The standard InChI is InChI=1S/C14H15N5O.ClH/c15-13(16)19-14(17)18-10-6-8-12(9-7-10)20-11-4-2-1-3-5-11;/h1-9H,(H6,15,16,17,18,19);1H. The molecule has 0 aliphatic heterocycles. The Morgan fingerprint density at radius 2 is 1.38 bits per heavy atom. The summed E-state index contributed by atoms with van der Waals surface area (Å²) in [4.78, 5) is 7.67. The molecule has 0 aromatic heterocycles. The van der Waals surface area contributed by atoms with E-state index < -0.39 is 0 Å². The molecule has 0 radical (unpaired) electrons. The van der Waals surface area contributed by atoms with Gasteiger partial charge in [-0.15, -0.1) is 12.4 Å². The maximum Gasteiger partial charge on any atom is 0.223 e. The Balaban J connectivity index is 0.00000220. The number of nitrogens with zero attached hydrogens (tertiary/aromatic N) is 2. The Labute approximate surface area is 128 Å². The van der Waals surface area contributed by atoms with Gasteiger partial charge < -0.3 is 21.9 Å². The van der Waals surface area contributed by atoms with E-state index in [0.29, 0.717) is 11.4 Å². The Morgan fingerprint density at radius 1 is 0.810 bits per heavy atom. The first kappa shape index (κ1) is 16.3. The van der Waals surface area contributed by atoms with Gasteiger partial charge in [0.25, 0.3) is 0 Å². The zero-order valence-corrected chi connectivity index (χ0v) is 12.0. The molecule has 21 heavy (non-hydrogen) atoms. The monoisotopic (exact) mass is 305 g/mol. The molecule has 0 bridgehead atoms. The summed E-state index contributed by atoms with van der Waals surface area (Å²) in [7, 11) is 0. The molecule has 2 rings (SSSR count). The summed E-state index contributed by atoms with van der Waals surface area (Å²) < 4.78 is 5.66. The van der Waals surface area contributed by atoms with E-state index in [1.54, 1.807) is 24.3 Å². The predicted octanol–water partition coefficient (Wildman–Crippen LogP) is 2.12. The Morgan fingerprint density at radius 3 is 1.95 bits per heavy atom. The van der Waals surface area contributed by atoms with Crippen molar-refractivity contribution in [3.8, 4) is 11.5 Å². The molecule has 0 amide bonds. The van der Waals surface area contributed by atoms with Crippen LogP contribution in [-0.4, -0.2) is 11.9 Å². The average molecular weight is 306 g/mol. The quantitative estimate of drug-likeness (QED) is 0.595. The maximum absolute atomic E-state index is 5.66. The van der Waals surface area contributed by atoms with Crippen LogP contribution in [0.1, 0.15) is 0 Å². The highest BCUT2D eigenvalue weighted by atomic mass is 35.5. The number of guanidine groups is 2. The van der Waals surface area contributed by atoms with Crippen molar-refractivity contribution < 1.29 is 4.74 Å². The van der Waals surface area contributed by atoms with Crippen LogP contribution in [0.5, 0.6) is 11.5 Å². The molecule has 0 spiro atoms. The number of benzene rings is 2. The van der Waals surface area contributed by atoms with Crippen molar-refractivity contribution in [2.45, 2.75) is 0 Å². The Kier molecular flexibility index (Phi) is 6.03. The zero-order valence-electron chi connectivity index (χ0n) is 11.1. The number of ether oxygens (including phenoxy) is 1. The molecule has 0 heterocycles. The summed E-state index contributed by atoms with van der Waals surface area (Å²) in [6.07, 6.45) is 0. The van der Waals surface area contributed by atoms with Gasteiger partial charge in [0.05, 0.1) is 5.69 Å². The van der Waals surface area contributed by atoms with Crippen LogP contribution in [0.15, 0.2) is 64.6 Å². The number of hydrogen-bond donors (Lipinski definition) is 3. The number of aliphatic imine (C=N–C) groups is 2. The van der Waals surface area contributed by atoms with E-state index in [0.717, 1.165) is 5.75 Å². The second kappa shape index (κ2) is 7.76. The van der Waals surface area contributed by atoms with Crippen LogP contribution in [0.2, 0.25) is 0 Å². The van der Waals surface area contributed by atoms with Gasteiger partial charge in [-0.3, -0.25) is 0 Å². The molecule has 2 aromatic rings. The SMILES string of the molecule is Cl.NC(N)=NC(N)=Nc1ccc(Oc2ccccc2)cc1. The first-order valence-electron chi connectivity index (χ1n) is 5.90. The van der Waals surface area contributed by atoms with Gasteiger partial charge >= 0.3 is 0 Å². The highest BCUT2D eigenvalue weighted by Gasteiger charge is 1.97. The third-order valence-electron chi connectivity index (χ3n) is 2.30. The van der Waals surface area contributed by atoms with Crippen molar-refractivity contribution >= 4 is 30.0 Å². The third-order valence-corrected chi connectivity index (χ3v) is 2.30. The summed E-state index contributed by atoms with van der Waals surface area (Å²) in [5, 5.41) is 0. The van der Waals surface area contributed by atoms with Gasteiger partial charge in [-0.2, -0.15) is 4.99 Å². The van der Waals surface area contributed by atoms with E-state index in [2.05, 4.69) is 9.98 Å². The second-order valence-corrected chi connectivity index (χ2v) is 3.92. The van der Waals surface area contributed by atoms with Gasteiger partial charge in [-0.1, -0.05) is 18.2 Å². The van der Waals surface area contributed by atoms with Crippen LogP contribution in [0, 0.1) is 0 Å². The molecule has 0 unspecified atom stereocenters. The maximum atomic E-state index is 5.66. The van der Waals surface area contributed by atoms with Crippen molar-refractivity contribution in [2.75, 3.05) is 0 Å². The number of para-hydroxylation sites is 1. The molecule has 110 valence electrons. The molecular weight excluding hydrogens is 290 g/mol. The molecule has 0 aliphatic rings. The summed E-state index contributed by atoms with van der Waals surface area (Å²) in [5.74, 6) is 1.34. The Bertz CT molecular complexity index is 622. The fraction of sp³-hybridized carbons (Fsp3) is 0. The van der Waals surface area contributed by atoms with Gasteiger partial charge in [0.15, 0.2) is 5.96 Å². The van der Waals surface area contributed by atoms with Crippen molar-refractivity contribution in [1.29, 1.82) is 0 Å². The van der Waals surface area contributed by atoms with Crippen molar-refractivity contribution in [1.82, 2.24) is 0 Å². The summed E-state index contributed by atoms with van der Waals surface area (Å²) in [5.41, 5.74) is 16.6. The lowest BCUT2D eigenvalue weighted by Gasteiger charge is -2.05. The van der Waals surface area contributed by atoms with Gasteiger partial charge in [-0.25, -0.2) is 4.99 Å². The van der Waals surface area contributed by atoms with Crippen LogP contribution in [0.4, 0.5) is 5.69 Å². The van der Waals surface area contributed by atoms with E-state index in [4.69, 9.17) is 21.9 Å². The van der Waals surface area contributed by atoms with Crippen LogP contribution in [0.3, 0.4) is 0 Å². The number of nitrogens with two attached hydrogens (primary N) is 3. The lowest BCUT2D eigenvalue weighted by atomic mass is 10.3. The molecule has 0 fully saturated rings. The van der Waals surface area contributed by atoms with Crippen LogP contribution < -0.4 is 21.9 Å². The first-order valence-corrected chi connectivity index (χ1v) is 5.90. The summed E-state index contributed by atoms with van der Waals surface area (Å²) in [6, 6.07) is 16.6. The highest BCUT2D eigenvalue weighted by Crippen LogP contribution is 2.23. The van der Waals surface area contributed by atoms with E-state index in [9.17, 15) is 0 Å². The molecule has 2 aromatic carbocycles. The second-order valence-electron chi connectivity index (χ2n) is 3.92. The van der Waals surface area contributed by atoms with Crippen molar-refractivity contribution in [2.24, 2.45) is 27.2 Å². The van der Waals surface area contributed by atoms with Gasteiger partial charge in [0, 0.05) is 0 Å². The van der Waals surface area contributed by atoms with Crippen LogP contribution in [-0.2, 0) is 0 Å². The normalized spacial score (nSPS) is 10.4.